The van der Waals surface area contributed by atoms with Crippen LogP contribution in [0.2, 0.25) is 0 Å². The van der Waals surface area contributed by atoms with E-state index in [1.54, 1.807) is 12.1 Å². The fourth-order valence-electron chi connectivity index (χ4n) is 2.89. The van der Waals surface area contributed by atoms with Gasteiger partial charge in [-0.25, -0.2) is 4.79 Å². The largest absolute Gasteiger partial charge is 0.465 e. The van der Waals surface area contributed by atoms with Gasteiger partial charge in [0.05, 0.1) is 7.11 Å². The second-order valence-electron chi connectivity index (χ2n) is 7.63. The molecule has 0 spiro atoms. The number of benzene rings is 2. The summed E-state index contributed by atoms with van der Waals surface area (Å²) in [5, 5.41) is 5.20. The summed E-state index contributed by atoms with van der Waals surface area (Å²) in [5.74, 6) is -0.748. The van der Waals surface area contributed by atoms with Gasteiger partial charge in [0.25, 0.3) is 5.91 Å². The molecule has 2 aromatic carbocycles. The highest BCUT2D eigenvalue weighted by Gasteiger charge is 2.23. The molecule has 0 saturated heterocycles. The number of hydrogen-bond acceptors (Lipinski definition) is 4. The number of carbonyl (C=O) groups is 2. The Morgan fingerprint density at radius 3 is 2.17 bits per heavy atom. The zero-order chi connectivity index (χ0) is 21.2. The highest BCUT2D eigenvalue weighted by molar-refractivity contribution is 9.10. The average Bonchev–Trinajstić information content (AvgIpc) is 3.10. The molecule has 0 aliphatic carbocycles. The van der Waals surface area contributed by atoms with E-state index in [4.69, 9.17) is 4.74 Å². The average molecular weight is 472 g/mol. The number of hydrogen-bond donors (Lipinski definition) is 1. The molecule has 0 aliphatic rings. The van der Waals surface area contributed by atoms with Crippen molar-refractivity contribution >= 4 is 44.1 Å². The zero-order valence-electron chi connectivity index (χ0n) is 16.7. The summed E-state index contributed by atoms with van der Waals surface area (Å²) < 4.78 is 5.92. The lowest BCUT2D eigenvalue weighted by atomic mass is 9.87. The van der Waals surface area contributed by atoms with Crippen LogP contribution in [0.3, 0.4) is 0 Å². The van der Waals surface area contributed by atoms with Crippen molar-refractivity contribution < 1.29 is 14.3 Å². The number of nitrogens with one attached hydrogen (secondary N) is 1. The lowest BCUT2D eigenvalue weighted by Gasteiger charge is -2.19. The zero-order valence-corrected chi connectivity index (χ0v) is 19.1. The molecule has 29 heavy (non-hydrogen) atoms. The van der Waals surface area contributed by atoms with Gasteiger partial charge in [0, 0.05) is 21.0 Å². The molecule has 0 bridgehead atoms. The molecule has 0 unspecified atom stereocenters. The van der Waals surface area contributed by atoms with Crippen LogP contribution in [0, 0.1) is 0 Å². The highest BCUT2D eigenvalue weighted by atomic mass is 79.9. The van der Waals surface area contributed by atoms with Crippen LogP contribution in [0.1, 0.15) is 47.1 Å². The number of halogens is 1. The van der Waals surface area contributed by atoms with Crippen LogP contribution >= 0.6 is 27.3 Å². The van der Waals surface area contributed by atoms with Gasteiger partial charge in [-0.3, -0.25) is 4.79 Å². The molecular formula is C23H22BrNO3S. The summed E-state index contributed by atoms with van der Waals surface area (Å²) in [6.07, 6.45) is 0. The van der Waals surface area contributed by atoms with Crippen molar-refractivity contribution in [3.05, 3.63) is 75.1 Å². The van der Waals surface area contributed by atoms with E-state index in [0.29, 0.717) is 16.1 Å². The summed E-state index contributed by atoms with van der Waals surface area (Å²) in [5.41, 5.74) is 3.66. The fraction of sp³-hybridized carbons (Fsp3) is 0.217. The van der Waals surface area contributed by atoms with Crippen molar-refractivity contribution in [2.75, 3.05) is 12.4 Å². The fourth-order valence-corrected chi connectivity index (χ4v) is 4.11. The van der Waals surface area contributed by atoms with Crippen molar-refractivity contribution in [3.8, 4) is 11.1 Å². The first-order chi connectivity index (χ1) is 13.7. The SMILES string of the molecule is COC(=O)c1c(-c2ccc(Br)cc2)csc1NC(=O)c1ccc(C(C)(C)C)cc1. The number of methoxy groups -OCH3 is 1. The molecule has 3 aromatic rings. The lowest BCUT2D eigenvalue weighted by Crippen LogP contribution is -2.15. The van der Waals surface area contributed by atoms with E-state index in [0.717, 1.165) is 21.2 Å². The second-order valence-corrected chi connectivity index (χ2v) is 9.43. The molecule has 1 N–H and O–H groups in total. The Hall–Kier alpha value is -2.44. The van der Waals surface area contributed by atoms with E-state index in [1.165, 1.54) is 18.4 Å². The molecule has 1 amide bonds. The van der Waals surface area contributed by atoms with Crippen LogP contribution < -0.4 is 5.32 Å². The van der Waals surface area contributed by atoms with Gasteiger partial charge in [0.2, 0.25) is 0 Å². The predicted molar refractivity (Wildman–Crippen MR) is 122 cm³/mol. The van der Waals surface area contributed by atoms with Crippen molar-refractivity contribution in [1.82, 2.24) is 0 Å². The smallest absolute Gasteiger partial charge is 0.341 e. The van der Waals surface area contributed by atoms with Gasteiger partial charge in [-0.05, 0) is 40.8 Å². The van der Waals surface area contributed by atoms with Gasteiger partial charge in [-0.2, -0.15) is 0 Å². The maximum atomic E-state index is 12.8. The van der Waals surface area contributed by atoms with Crippen LogP contribution in [0.5, 0.6) is 0 Å². The van der Waals surface area contributed by atoms with Crippen LogP contribution in [0.15, 0.2) is 58.4 Å². The monoisotopic (exact) mass is 471 g/mol. The molecule has 1 aromatic heterocycles. The minimum Gasteiger partial charge on any atom is -0.465 e. The summed E-state index contributed by atoms with van der Waals surface area (Å²) in [6.45, 7) is 6.38. The third kappa shape index (κ3) is 4.77. The van der Waals surface area contributed by atoms with Crippen LogP contribution in [-0.4, -0.2) is 19.0 Å². The second kappa shape index (κ2) is 8.51. The number of esters is 1. The summed E-state index contributed by atoms with van der Waals surface area (Å²) >= 11 is 4.72. The Labute approximate surface area is 183 Å². The normalized spacial score (nSPS) is 11.2. The van der Waals surface area contributed by atoms with E-state index in [2.05, 4.69) is 42.0 Å². The maximum absolute atomic E-state index is 12.8. The van der Waals surface area contributed by atoms with Gasteiger partial charge in [0.15, 0.2) is 0 Å². The molecule has 0 fully saturated rings. The molecule has 0 atom stereocenters. The number of carbonyl (C=O) groups excluding carboxylic acids is 2. The van der Waals surface area contributed by atoms with Crippen LogP contribution in [0.4, 0.5) is 5.00 Å². The molecule has 6 heteroatoms. The first-order valence-electron chi connectivity index (χ1n) is 9.08. The third-order valence-corrected chi connectivity index (χ3v) is 6.00. The maximum Gasteiger partial charge on any atom is 0.341 e. The number of thiophene rings is 1. The van der Waals surface area contributed by atoms with E-state index >= 15 is 0 Å². The number of ether oxygens (including phenoxy) is 1. The van der Waals surface area contributed by atoms with Gasteiger partial charge in [-0.1, -0.05) is 61.0 Å². The molecule has 4 nitrogen and oxygen atoms in total. The molecule has 0 saturated carbocycles. The Balaban J connectivity index is 1.91. The molecule has 150 valence electrons. The number of anilines is 1. The molecule has 3 rings (SSSR count). The standard InChI is InChI=1S/C23H22BrNO3S/c1-23(2,3)16-9-5-15(6-10-16)20(26)25-21-19(22(27)28-4)18(13-29-21)14-7-11-17(24)12-8-14/h5-13H,1-4H3,(H,25,26). The molecule has 1 heterocycles. The Bertz CT molecular complexity index is 1030. The minimum absolute atomic E-state index is 0.0143. The van der Waals surface area contributed by atoms with E-state index in [9.17, 15) is 9.59 Å². The Morgan fingerprint density at radius 1 is 1.00 bits per heavy atom. The van der Waals surface area contributed by atoms with Gasteiger partial charge < -0.3 is 10.1 Å². The topological polar surface area (TPSA) is 55.4 Å². The summed E-state index contributed by atoms with van der Waals surface area (Å²) in [7, 11) is 1.34. The number of rotatable bonds is 4. The minimum atomic E-state index is -0.484. The molecular weight excluding hydrogens is 450 g/mol. The first kappa shape index (κ1) is 21.3. The van der Waals surface area contributed by atoms with Crippen molar-refractivity contribution in [2.24, 2.45) is 0 Å². The summed E-state index contributed by atoms with van der Waals surface area (Å²) in [4.78, 5) is 25.2. The Kier molecular flexibility index (Phi) is 6.24. The van der Waals surface area contributed by atoms with Crippen molar-refractivity contribution in [1.29, 1.82) is 0 Å². The summed E-state index contributed by atoms with van der Waals surface area (Å²) in [6, 6.07) is 15.2. The van der Waals surface area contributed by atoms with Crippen LogP contribution in [-0.2, 0) is 10.2 Å². The van der Waals surface area contributed by atoms with Gasteiger partial charge >= 0.3 is 5.97 Å². The quantitative estimate of drug-likeness (QED) is 0.440. The van der Waals surface area contributed by atoms with E-state index in [1.807, 2.05) is 41.8 Å². The lowest BCUT2D eigenvalue weighted by molar-refractivity contribution is 0.0603. The van der Waals surface area contributed by atoms with Crippen LogP contribution in [0.25, 0.3) is 11.1 Å². The van der Waals surface area contributed by atoms with E-state index < -0.39 is 5.97 Å². The van der Waals surface area contributed by atoms with Gasteiger partial charge in [0.1, 0.15) is 10.6 Å². The number of amides is 1. The molecule has 0 radical (unpaired) electrons. The molecule has 0 aliphatic heterocycles. The highest BCUT2D eigenvalue weighted by Crippen LogP contribution is 2.37. The third-order valence-electron chi connectivity index (χ3n) is 4.58. The van der Waals surface area contributed by atoms with E-state index in [-0.39, 0.29) is 11.3 Å². The van der Waals surface area contributed by atoms with Crippen molar-refractivity contribution in [2.45, 2.75) is 26.2 Å². The van der Waals surface area contributed by atoms with Gasteiger partial charge in [-0.15, -0.1) is 11.3 Å². The van der Waals surface area contributed by atoms with Crippen molar-refractivity contribution in [3.63, 3.8) is 0 Å². The predicted octanol–water partition coefficient (Wildman–Crippen LogP) is 6.51. The Morgan fingerprint density at radius 2 is 1.62 bits per heavy atom. The first-order valence-corrected chi connectivity index (χ1v) is 10.8.